The highest BCUT2D eigenvalue weighted by Gasteiger charge is 2.09. The van der Waals surface area contributed by atoms with Gasteiger partial charge < -0.3 is 5.32 Å². The van der Waals surface area contributed by atoms with Crippen LogP contribution < -0.4 is 10.9 Å². The topological polar surface area (TPSA) is 46.9 Å². The average molecular weight is 346 g/mol. The molecule has 0 aliphatic carbocycles. The number of hydrogen-bond donors (Lipinski definition) is 1. The quantitative estimate of drug-likeness (QED) is 0.741. The van der Waals surface area contributed by atoms with Crippen LogP contribution in [0.25, 0.3) is 0 Å². The normalized spacial score (nSPS) is 10.7. The molecular formula is C17H16ClN3OS. The summed E-state index contributed by atoms with van der Waals surface area (Å²) in [5.41, 5.74) is 1.31. The second kappa shape index (κ2) is 7.44. The number of anilines is 1. The Labute approximate surface area is 143 Å². The highest BCUT2D eigenvalue weighted by Crippen LogP contribution is 2.16. The Hall–Kier alpha value is -2.11. The van der Waals surface area contributed by atoms with Crippen LogP contribution in [0.5, 0.6) is 0 Å². The van der Waals surface area contributed by atoms with Gasteiger partial charge in [-0.15, -0.1) is 11.3 Å². The van der Waals surface area contributed by atoms with Crippen molar-refractivity contribution in [3.63, 3.8) is 0 Å². The van der Waals surface area contributed by atoms with E-state index >= 15 is 0 Å². The van der Waals surface area contributed by atoms with Gasteiger partial charge in [0.1, 0.15) is 5.02 Å². The molecule has 4 nitrogen and oxygen atoms in total. The molecule has 0 aliphatic heterocycles. The molecule has 2 aromatic heterocycles. The predicted molar refractivity (Wildman–Crippen MR) is 95.6 cm³/mol. The molecule has 6 heteroatoms. The van der Waals surface area contributed by atoms with Gasteiger partial charge in [0.25, 0.3) is 5.56 Å². The molecule has 1 aromatic carbocycles. The first-order valence-corrected chi connectivity index (χ1v) is 8.55. The largest absolute Gasteiger partial charge is 0.382 e. The van der Waals surface area contributed by atoms with E-state index in [0.717, 1.165) is 12.0 Å². The molecule has 23 heavy (non-hydrogen) atoms. The lowest BCUT2D eigenvalue weighted by molar-refractivity contribution is 0.640. The van der Waals surface area contributed by atoms with Gasteiger partial charge in [-0.3, -0.25) is 4.79 Å². The smallest absolute Gasteiger partial charge is 0.287 e. The van der Waals surface area contributed by atoms with Crippen molar-refractivity contribution >= 4 is 28.6 Å². The van der Waals surface area contributed by atoms with Crippen LogP contribution in [0.1, 0.15) is 10.4 Å². The Morgan fingerprint density at radius 2 is 2.00 bits per heavy atom. The second-order valence-electron chi connectivity index (χ2n) is 5.08. The predicted octanol–water partition coefficient (Wildman–Crippen LogP) is 3.66. The standard InChI is InChI=1S/C17H16ClN3OS/c18-16-15(19-9-8-14-7-4-10-23-14)11-20-21(17(16)22)12-13-5-2-1-3-6-13/h1-7,10-11,19H,8-9,12H2. The zero-order valence-electron chi connectivity index (χ0n) is 12.4. The summed E-state index contributed by atoms with van der Waals surface area (Å²) in [6.45, 7) is 1.12. The summed E-state index contributed by atoms with van der Waals surface area (Å²) in [4.78, 5) is 13.6. The molecule has 0 aliphatic rings. The Morgan fingerprint density at radius 1 is 1.17 bits per heavy atom. The van der Waals surface area contributed by atoms with Gasteiger partial charge in [0.15, 0.2) is 0 Å². The third kappa shape index (κ3) is 4.00. The number of aromatic nitrogens is 2. The maximum atomic E-state index is 12.3. The molecule has 3 rings (SSSR count). The van der Waals surface area contributed by atoms with E-state index in [4.69, 9.17) is 11.6 Å². The van der Waals surface area contributed by atoms with Gasteiger partial charge in [-0.25, -0.2) is 4.68 Å². The highest BCUT2D eigenvalue weighted by atomic mass is 35.5. The van der Waals surface area contributed by atoms with Gasteiger partial charge in [0.2, 0.25) is 0 Å². The molecule has 0 unspecified atom stereocenters. The lowest BCUT2D eigenvalue weighted by Gasteiger charge is -2.10. The zero-order chi connectivity index (χ0) is 16.1. The highest BCUT2D eigenvalue weighted by molar-refractivity contribution is 7.09. The Bertz CT molecular complexity index is 816. The van der Waals surface area contributed by atoms with Crippen LogP contribution in [-0.4, -0.2) is 16.3 Å². The Balaban J connectivity index is 1.69. The maximum absolute atomic E-state index is 12.3. The van der Waals surface area contributed by atoms with E-state index < -0.39 is 0 Å². The maximum Gasteiger partial charge on any atom is 0.287 e. The number of thiophene rings is 1. The van der Waals surface area contributed by atoms with E-state index in [1.54, 1.807) is 17.5 Å². The number of benzene rings is 1. The van der Waals surface area contributed by atoms with Gasteiger partial charge in [0.05, 0.1) is 18.4 Å². The molecule has 2 heterocycles. The van der Waals surface area contributed by atoms with Crippen molar-refractivity contribution < 1.29 is 0 Å². The molecule has 0 spiro atoms. The average Bonchev–Trinajstić information content (AvgIpc) is 3.08. The van der Waals surface area contributed by atoms with E-state index in [-0.39, 0.29) is 10.6 Å². The minimum absolute atomic E-state index is 0.183. The molecule has 0 radical (unpaired) electrons. The van der Waals surface area contributed by atoms with E-state index in [1.807, 2.05) is 36.4 Å². The van der Waals surface area contributed by atoms with Crippen LogP contribution >= 0.6 is 22.9 Å². The number of hydrogen-bond acceptors (Lipinski definition) is 4. The SMILES string of the molecule is O=c1c(Cl)c(NCCc2cccs2)cnn1Cc1ccccc1. The van der Waals surface area contributed by atoms with Crippen molar-refractivity contribution in [1.29, 1.82) is 0 Å². The summed E-state index contributed by atoms with van der Waals surface area (Å²) in [7, 11) is 0. The first-order chi connectivity index (χ1) is 11.2. The fourth-order valence-corrected chi connectivity index (χ4v) is 3.15. The minimum atomic E-state index is -0.281. The third-order valence-corrected chi connectivity index (χ3v) is 4.73. The van der Waals surface area contributed by atoms with Crippen molar-refractivity contribution in [3.05, 3.63) is 79.9 Å². The molecule has 118 valence electrons. The van der Waals surface area contributed by atoms with E-state index in [9.17, 15) is 4.79 Å². The molecule has 1 N–H and O–H groups in total. The lowest BCUT2D eigenvalue weighted by Crippen LogP contribution is -2.25. The van der Waals surface area contributed by atoms with Gasteiger partial charge in [-0.05, 0) is 23.4 Å². The van der Waals surface area contributed by atoms with Gasteiger partial charge in [0, 0.05) is 11.4 Å². The molecular weight excluding hydrogens is 330 g/mol. The molecule has 0 fully saturated rings. The summed E-state index contributed by atoms with van der Waals surface area (Å²) < 4.78 is 1.38. The monoisotopic (exact) mass is 345 g/mol. The minimum Gasteiger partial charge on any atom is -0.382 e. The van der Waals surface area contributed by atoms with Crippen LogP contribution in [-0.2, 0) is 13.0 Å². The number of halogens is 1. The van der Waals surface area contributed by atoms with Gasteiger partial charge in [-0.2, -0.15) is 5.10 Å². The first-order valence-electron chi connectivity index (χ1n) is 7.30. The van der Waals surface area contributed by atoms with Crippen LogP contribution in [0.4, 0.5) is 5.69 Å². The second-order valence-corrected chi connectivity index (χ2v) is 6.49. The van der Waals surface area contributed by atoms with E-state index in [2.05, 4.69) is 21.9 Å². The van der Waals surface area contributed by atoms with E-state index in [0.29, 0.717) is 18.8 Å². The third-order valence-electron chi connectivity index (χ3n) is 3.43. The molecule has 0 saturated carbocycles. The van der Waals surface area contributed by atoms with Crippen LogP contribution in [0.3, 0.4) is 0 Å². The Kier molecular flexibility index (Phi) is 5.10. The summed E-state index contributed by atoms with van der Waals surface area (Å²) >= 11 is 7.91. The molecule has 0 saturated heterocycles. The van der Waals surface area contributed by atoms with Crippen LogP contribution in [0.15, 0.2) is 58.8 Å². The van der Waals surface area contributed by atoms with Crippen molar-refractivity contribution in [3.8, 4) is 0 Å². The van der Waals surface area contributed by atoms with Crippen molar-refractivity contribution in [2.24, 2.45) is 0 Å². The van der Waals surface area contributed by atoms with Crippen molar-refractivity contribution in [2.45, 2.75) is 13.0 Å². The van der Waals surface area contributed by atoms with Crippen molar-refractivity contribution in [2.75, 3.05) is 11.9 Å². The summed E-state index contributed by atoms with van der Waals surface area (Å²) in [5.74, 6) is 0. The fourth-order valence-electron chi connectivity index (χ4n) is 2.23. The van der Waals surface area contributed by atoms with Gasteiger partial charge >= 0.3 is 0 Å². The summed E-state index contributed by atoms with van der Waals surface area (Å²) in [6, 6.07) is 13.8. The number of nitrogens with one attached hydrogen (secondary N) is 1. The first kappa shape index (κ1) is 15.8. The molecule has 0 atom stereocenters. The van der Waals surface area contributed by atoms with Crippen LogP contribution in [0, 0.1) is 0 Å². The zero-order valence-corrected chi connectivity index (χ0v) is 14.0. The van der Waals surface area contributed by atoms with Gasteiger partial charge in [-0.1, -0.05) is 48.0 Å². The number of nitrogens with zero attached hydrogens (tertiary/aromatic N) is 2. The fraction of sp³-hybridized carbons (Fsp3) is 0.176. The summed E-state index contributed by atoms with van der Waals surface area (Å²) in [6.07, 6.45) is 2.50. The molecule has 0 bridgehead atoms. The summed E-state index contributed by atoms with van der Waals surface area (Å²) in [5, 5.41) is 9.62. The molecule has 3 aromatic rings. The van der Waals surface area contributed by atoms with Crippen LogP contribution in [0.2, 0.25) is 5.02 Å². The van der Waals surface area contributed by atoms with Crippen molar-refractivity contribution in [1.82, 2.24) is 9.78 Å². The van der Waals surface area contributed by atoms with E-state index in [1.165, 1.54) is 9.56 Å². The number of rotatable bonds is 6. The lowest BCUT2D eigenvalue weighted by atomic mass is 10.2. The Morgan fingerprint density at radius 3 is 2.74 bits per heavy atom. The molecule has 0 amide bonds.